The van der Waals surface area contributed by atoms with Crippen molar-refractivity contribution in [1.82, 2.24) is 24.9 Å². The average molecular weight is 348 g/mol. The predicted octanol–water partition coefficient (Wildman–Crippen LogP) is 0.652. The molecule has 0 aromatic carbocycles. The molecule has 0 aliphatic carbocycles. The lowest BCUT2D eigenvalue weighted by Gasteiger charge is -2.39. The van der Waals surface area contributed by atoms with Crippen LogP contribution in [0.2, 0.25) is 0 Å². The molecule has 1 aliphatic rings. The highest BCUT2D eigenvalue weighted by molar-refractivity contribution is 7.08. The van der Waals surface area contributed by atoms with Crippen LogP contribution in [-0.2, 0) is 6.42 Å². The number of piperidine rings is 1. The molecular weight excluding hydrogens is 328 g/mol. The Morgan fingerprint density at radius 1 is 1.46 bits per heavy atom. The molecule has 0 bridgehead atoms. The fourth-order valence-corrected chi connectivity index (χ4v) is 3.49. The molecule has 24 heavy (non-hydrogen) atoms. The highest BCUT2D eigenvalue weighted by atomic mass is 32.1. The van der Waals surface area contributed by atoms with Crippen molar-refractivity contribution in [3.05, 3.63) is 29.0 Å². The maximum absolute atomic E-state index is 12.3. The van der Waals surface area contributed by atoms with Crippen molar-refractivity contribution in [3.8, 4) is 0 Å². The number of carbonyl (C=O) groups is 1. The van der Waals surface area contributed by atoms with Gasteiger partial charge in [0.15, 0.2) is 0 Å². The predicted molar refractivity (Wildman–Crippen MR) is 90.0 cm³/mol. The Balaban J connectivity index is 1.62. The van der Waals surface area contributed by atoms with Crippen LogP contribution >= 0.6 is 11.5 Å². The number of anilines is 1. The summed E-state index contributed by atoms with van der Waals surface area (Å²) in [5, 5.41) is 17.6. The molecule has 2 aromatic heterocycles. The number of carbonyl (C=O) groups excluding carboxylic acids is 1. The minimum Gasteiger partial charge on any atom is -0.386 e. The first kappa shape index (κ1) is 16.7. The van der Waals surface area contributed by atoms with Gasteiger partial charge < -0.3 is 15.3 Å². The van der Waals surface area contributed by atoms with Crippen molar-refractivity contribution >= 4 is 23.4 Å². The maximum atomic E-state index is 12.3. The number of rotatable bonds is 5. The van der Waals surface area contributed by atoms with Crippen molar-refractivity contribution in [1.29, 1.82) is 0 Å². The molecule has 128 valence electrons. The van der Waals surface area contributed by atoms with Gasteiger partial charge in [0.1, 0.15) is 4.88 Å². The van der Waals surface area contributed by atoms with E-state index in [0.717, 1.165) is 24.5 Å². The molecule has 1 amide bonds. The van der Waals surface area contributed by atoms with Gasteiger partial charge in [-0.05, 0) is 36.9 Å². The summed E-state index contributed by atoms with van der Waals surface area (Å²) in [6, 6.07) is 1.76. The van der Waals surface area contributed by atoms with Crippen molar-refractivity contribution in [3.63, 3.8) is 0 Å². The van der Waals surface area contributed by atoms with Crippen molar-refractivity contribution < 1.29 is 9.90 Å². The third-order valence-corrected chi connectivity index (χ3v) is 4.83. The number of β-amino-alcohol motifs (C(OH)–C–C–N with tert-alkyl or cyclic N) is 1. The fourth-order valence-electron chi connectivity index (χ4n) is 2.82. The molecule has 1 aliphatic heterocycles. The van der Waals surface area contributed by atoms with Gasteiger partial charge in [-0.15, -0.1) is 5.10 Å². The second-order valence-electron chi connectivity index (χ2n) is 5.88. The smallest absolute Gasteiger partial charge is 0.265 e. The first-order chi connectivity index (χ1) is 11.6. The Kier molecular flexibility index (Phi) is 5.00. The van der Waals surface area contributed by atoms with E-state index in [0.29, 0.717) is 35.9 Å². The van der Waals surface area contributed by atoms with Crippen LogP contribution < -0.4 is 10.2 Å². The highest BCUT2D eigenvalue weighted by Gasteiger charge is 2.35. The molecule has 2 aromatic rings. The van der Waals surface area contributed by atoms with E-state index in [1.165, 1.54) is 0 Å². The molecule has 9 heteroatoms. The lowest BCUT2D eigenvalue weighted by molar-refractivity contribution is 0.0253. The molecule has 8 nitrogen and oxygen atoms in total. The van der Waals surface area contributed by atoms with Gasteiger partial charge in [0.05, 0.1) is 17.8 Å². The Morgan fingerprint density at radius 3 is 3.00 bits per heavy atom. The number of amides is 1. The van der Waals surface area contributed by atoms with E-state index in [4.69, 9.17) is 0 Å². The average Bonchev–Trinajstić information content (AvgIpc) is 3.09. The minimum atomic E-state index is -1.00. The van der Waals surface area contributed by atoms with Gasteiger partial charge in [0.25, 0.3) is 5.91 Å². The van der Waals surface area contributed by atoms with Crippen LogP contribution in [0.3, 0.4) is 0 Å². The van der Waals surface area contributed by atoms with Gasteiger partial charge in [-0.2, -0.15) is 0 Å². The maximum Gasteiger partial charge on any atom is 0.265 e. The van der Waals surface area contributed by atoms with Gasteiger partial charge in [0, 0.05) is 25.5 Å². The standard InChI is InChI=1S/C15H20N6O2S/c1-2-11-12(24-20-19-11)13(22)18-9-15(23)5-3-8-21(10-15)14-16-6-4-7-17-14/h4,6-7,23H,2-3,5,8-10H2,1H3,(H,18,22)/t15-/m1/s1. The van der Waals surface area contributed by atoms with E-state index < -0.39 is 5.60 Å². The Hall–Kier alpha value is -2.13. The summed E-state index contributed by atoms with van der Waals surface area (Å²) in [6.45, 7) is 3.29. The first-order valence-corrected chi connectivity index (χ1v) is 8.72. The minimum absolute atomic E-state index is 0.177. The number of aromatic nitrogens is 4. The number of hydrogen-bond donors (Lipinski definition) is 2. The largest absolute Gasteiger partial charge is 0.386 e. The van der Waals surface area contributed by atoms with Crippen molar-refractivity contribution in [2.75, 3.05) is 24.5 Å². The van der Waals surface area contributed by atoms with E-state index >= 15 is 0 Å². The molecule has 1 atom stereocenters. The second kappa shape index (κ2) is 7.18. The molecule has 3 heterocycles. The van der Waals surface area contributed by atoms with Crippen LogP contribution in [0.25, 0.3) is 0 Å². The Bertz CT molecular complexity index is 694. The third-order valence-electron chi connectivity index (χ3n) is 4.07. The lowest BCUT2D eigenvalue weighted by atomic mass is 9.93. The second-order valence-corrected chi connectivity index (χ2v) is 6.64. The number of aryl methyl sites for hydroxylation is 1. The summed E-state index contributed by atoms with van der Waals surface area (Å²) in [5.41, 5.74) is -0.315. The van der Waals surface area contributed by atoms with Gasteiger partial charge in [0.2, 0.25) is 5.95 Å². The molecule has 2 N–H and O–H groups in total. The Morgan fingerprint density at radius 2 is 2.25 bits per heavy atom. The SMILES string of the molecule is CCc1nnsc1C(=O)NC[C@]1(O)CCCN(c2ncccn2)C1. The molecule has 1 saturated heterocycles. The van der Waals surface area contributed by atoms with E-state index in [1.54, 1.807) is 18.5 Å². The normalized spacial score (nSPS) is 20.8. The quantitative estimate of drug-likeness (QED) is 0.817. The van der Waals surface area contributed by atoms with Crippen LogP contribution in [0.15, 0.2) is 18.5 Å². The van der Waals surface area contributed by atoms with Gasteiger partial charge >= 0.3 is 0 Å². The zero-order valence-corrected chi connectivity index (χ0v) is 14.3. The third kappa shape index (κ3) is 3.68. The molecule has 0 radical (unpaired) electrons. The van der Waals surface area contributed by atoms with Crippen LogP contribution in [0.1, 0.15) is 35.1 Å². The summed E-state index contributed by atoms with van der Waals surface area (Å²) in [5.74, 6) is 0.366. The van der Waals surface area contributed by atoms with E-state index in [1.807, 2.05) is 11.8 Å². The van der Waals surface area contributed by atoms with Crippen LogP contribution in [0, 0.1) is 0 Å². The summed E-state index contributed by atoms with van der Waals surface area (Å²) < 4.78 is 3.82. The summed E-state index contributed by atoms with van der Waals surface area (Å²) >= 11 is 1.08. The molecule has 0 unspecified atom stereocenters. The zero-order chi connectivity index (χ0) is 17.0. The summed E-state index contributed by atoms with van der Waals surface area (Å²) in [4.78, 5) is 23.2. The van der Waals surface area contributed by atoms with Crippen LogP contribution in [0.5, 0.6) is 0 Å². The zero-order valence-electron chi connectivity index (χ0n) is 13.5. The van der Waals surface area contributed by atoms with E-state index in [-0.39, 0.29) is 12.5 Å². The van der Waals surface area contributed by atoms with Gasteiger partial charge in [-0.25, -0.2) is 9.97 Å². The molecule has 3 rings (SSSR count). The molecule has 0 spiro atoms. The first-order valence-electron chi connectivity index (χ1n) is 7.95. The van der Waals surface area contributed by atoms with E-state index in [2.05, 4.69) is 24.9 Å². The van der Waals surface area contributed by atoms with Crippen LogP contribution in [-0.4, -0.2) is 55.8 Å². The number of nitrogens with zero attached hydrogens (tertiary/aromatic N) is 5. The van der Waals surface area contributed by atoms with Crippen molar-refractivity contribution in [2.45, 2.75) is 31.8 Å². The number of aliphatic hydroxyl groups is 1. The topological polar surface area (TPSA) is 104 Å². The highest BCUT2D eigenvalue weighted by Crippen LogP contribution is 2.23. The molecular formula is C15H20N6O2S. The fraction of sp³-hybridized carbons (Fsp3) is 0.533. The number of nitrogens with one attached hydrogen (secondary N) is 1. The van der Waals surface area contributed by atoms with Gasteiger partial charge in [-0.3, -0.25) is 4.79 Å². The Labute approximate surface area is 144 Å². The van der Waals surface area contributed by atoms with Crippen molar-refractivity contribution in [2.24, 2.45) is 0 Å². The molecule has 1 fully saturated rings. The van der Waals surface area contributed by atoms with Gasteiger partial charge in [-0.1, -0.05) is 11.4 Å². The van der Waals surface area contributed by atoms with Crippen LogP contribution in [0.4, 0.5) is 5.95 Å². The molecule has 0 saturated carbocycles. The summed E-state index contributed by atoms with van der Waals surface area (Å²) in [7, 11) is 0. The van der Waals surface area contributed by atoms with E-state index in [9.17, 15) is 9.90 Å². The lowest BCUT2D eigenvalue weighted by Crippen LogP contribution is -2.54. The number of hydrogen-bond acceptors (Lipinski definition) is 8. The summed E-state index contributed by atoms with van der Waals surface area (Å²) in [6.07, 6.45) is 5.45. The monoisotopic (exact) mass is 348 g/mol.